The fraction of sp³-hybridized carbons (Fsp3) is 0.419. The zero-order valence-electron chi connectivity index (χ0n) is 23.9. The number of ether oxygens (including phenoxy) is 1. The summed E-state index contributed by atoms with van der Waals surface area (Å²) in [6.45, 7) is 6.95. The van der Waals surface area contributed by atoms with Crippen LogP contribution in [0, 0.1) is 5.41 Å². The molecule has 9 nitrogen and oxygen atoms in total. The third-order valence-corrected chi connectivity index (χ3v) is 7.85. The Kier molecular flexibility index (Phi) is 7.16. The van der Waals surface area contributed by atoms with Crippen LogP contribution in [-0.4, -0.2) is 63.0 Å². The van der Waals surface area contributed by atoms with Crippen molar-refractivity contribution in [3.8, 4) is 0 Å². The van der Waals surface area contributed by atoms with Gasteiger partial charge < -0.3 is 24.4 Å². The molecule has 0 saturated carbocycles. The van der Waals surface area contributed by atoms with E-state index in [1.165, 1.54) is 0 Å². The minimum absolute atomic E-state index is 0.0511. The van der Waals surface area contributed by atoms with Gasteiger partial charge in [0.15, 0.2) is 0 Å². The molecule has 2 aromatic heterocycles. The number of carbonyl (C=O) groups excluding carboxylic acids is 3. The summed E-state index contributed by atoms with van der Waals surface area (Å²) in [6, 6.07) is 12.3. The van der Waals surface area contributed by atoms with Crippen LogP contribution in [0.1, 0.15) is 50.4 Å². The number of likely N-dealkylation sites (tertiary alicyclic amines) is 1. The van der Waals surface area contributed by atoms with E-state index in [0.29, 0.717) is 44.7 Å². The van der Waals surface area contributed by atoms with Gasteiger partial charge in [-0.2, -0.15) is 0 Å². The minimum Gasteiger partial charge on any atom is -0.444 e. The molecule has 2 aliphatic heterocycles. The lowest BCUT2D eigenvalue weighted by Gasteiger charge is -2.43. The number of nitrogens with zero attached hydrogens (tertiary/aromatic N) is 4. The Bertz CT molecular complexity index is 1490. The number of carbonyl (C=O) groups is 3. The fourth-order valence-electron chi connectivity index (χ4n) is 5.51. The van der Waals surface area contributed by atoms with E-state index in [1.807, 2.05) is 46.0 Å². The van der Waals surface area contributed by atoms with E-state index in [4.69, 9.17) is 4.74 Å². The molecule has 4 heterocycles. The van der Waals surface area contributed by atoms with Gasteiger partial charge in [0.2, 0.25) is 11.8 Å². The van der Waals surface area contributed by atoms with E-state index in [-0.39, 0.29) is 17.9 Å². The van der Waals surface area contributed by atoms with Crippen molar-refractivity contribution in [3.63, 3.8) is 0 Å². The van der Waals surface area contributed by atoms with Gasteiger partial charge in [0, 0.05) is 50.7 Å². The van der Waals surface area contributed by atoms with Gasteiger partial charge in [-0.05, 0) is 80.8 Å². The number of amides is 3. The molecule has 40 heavy (non-hydrogen) atoms. The number of hydrogen-bond donors (Lipinski definition) is 1. The van der Waals surface area contributed by atoms with Crippen LogP contribution < -0.4 is 5.32 Å². The van der Waals surface area contributed by atoms with E-state index in [2.05, 4.69) is 33.1 Å². The van der Waals surface area contributed by atoms with Gasteiger partial charge in [-0.25, -0.2) is 9.78 Å². The Labute approximate surface area is 234 Å². The quantitative estimate of drug-likeness (QED) is 0.479. The number of anilines is 1. The van der Waals surface area contributed by atoms with Gasteiger partial charge >= 0.3 is 6.09 Å². The average molecular weight is 544 g/mol. The highest BCUT2D eigenvalue weighted by molar-refractivity contribution is 5.98. The van der Waals surface area contributed by atoms with Gasteiger partial charge in [0.05, 0.1) is 12.0 Å². The molecule has 210 valence electrons. The minimum atomic E-state index is -0.593. The van der Waals surface area contributed by atoms with Crippen molar-refractivity contribution in [1.29, 1.82) is 0 Å². The molecule has 0 aliphatic carbocycles. The molecule has 1 spiro atoms. The molecule has 0 radical (unpaired) electrons. The second kappa shape index (κ2) is 10.4. The first-order valence-electron chi connectivity index (χ1n) is 13.7. The van der Waals surface area contributed by atoms with E-state index < -0.39 is 11.0 Å². The summed E-state index contributed by atoms with van der Waals surface area (Å²) in [5.74, 6) is 0.397. The second-order valence-corrected chi connectivity index (χ2v) is 11.9. The predicted octanol–water partition coefficient (Wildman–Crippen LogP) is 4.76. The normalized spacial score (nSPS) is 16.7. The van der Waals surface area contributed by atoms with Crippen LogP contribution in [-0.2, 0) is 34.3 Å². The van der Waals surface area contributed by atoms with Crippen LogP contribution in [0.25, 0.3) is 17.0 Å². The van der Waals surface area contributed by atoms with Crippen molar-refractivity contribution in [1.82, 2.24) is 19.4 Å². The maximum atomic E-state index is 13.1. The Morgan fingerprint density at radius 1 is 1.18 bits per heavy atom. The van der Waals surface area contributed by atoms with Crippen LogP contribution in [0.5, 0.6) is 0 Å². The number of nitrogens with one attached hydrogen (secondary N) is 1. The number of likely N-dealkylation sites (N-methyl/N-ethyl adjacent to an activating group) is 1. The van der Waals surface area contributed by atoms with Crippen LogP contribution in [0.3, 0.4) is 0 Å². The third kappa shape index (κ3) is 5.59. The van der Waals surface area contributed by atoms with Crippen molar-refractivity contribution in [2.24, 2.45) is 12.5 Å². The Morgan fingerprint density at radius 2 is 1.90 bits per heavy atom. The van der Waals surface area contributed by atoms with E-state index in [1.54, 1.807) is 35.2 Å². The number of aryl methyl sites for hydroxylation is 1. The Morgan fingerprint density at radius 3 is 2.60 bits per heavy atom. The number of fused-ring (bicyclic) bond motifs is 2. The third-order valence-electron chi connectivity index (χ3n) is 7.85. The molecular weight excluding hydrogens is 506 g/mol. The van der Waals surface area contributed by atoms with E-state index in [0.717, 1.165) is 27.7 Å². The van der Waals surface area contributed by atoms with Crippen molar-refractivity contribution in [3.05, 3.63) is 65.5 Å². The maximum Gasteiger partial charge on any atom is 0.410 e. The topological polar surface area (TPSA) is 96.8 Å². The molecule has 3 aromatic rings. The summed E-state index contributed by atoms with van der Waals surface area (Å²) in [5.41, 5.74) is 2.76. The molecule has 2 aliphatic rings. The summed E-state index contributed by atoms with van der Waals surface area (Å²) in [5, 5.41) is 4.12. The highest BCUT2D eigenvalue weighted by atomic mass is 16.6. The zero-order valence-corrected chi connectivity index (χ0v) is 23.9. The Hall–Kier alpha value is -4.14. The molecule has 3 amide bonds. The number of pyridine rings is 1. The lowest BCUT2D eigenvalue weighted by Crippen LogP contribution is -2.51. The highest BCUT2D eigenvalue weighted by Crippen LogP contribution is 2.41. The predicted molar refractivity (Wildman–Crippen MR) is 154 cm³/mol. The van der Waals surface area contributed by atoms with Gasteiger partial charge in [-0.3, -0.25) is 9.59 Å². The summed E-state index contributed by atoms with van der Waals surface area (Å²) in [7, 11) is 3.80. The summed E-state index contributed by atoms with van der Waals surface area (Å²) >= 11 is 0. The molecule has 1 aromatic carbocycles. The molecule has 5 rings (SSSR count). The molecule has 1 saturated heterocycles. The van der Waals surface area contributed by atoms with Crippen molar-refractivity contribution < 1.29 is 19.1 Å². The van der Waals surface area contributed by atoms with Gasteiger partial charge in [-0.1, -0.05) is 18.2 Å². The van der Waals surface area contributed by atoms with Crippen molar-refractivity contribution in [2.45, 2.75) is 52.2 Å². The SMILES string of the molecule is CN(Cc1cc2ccccc2n1C)C(=O)/C=C/c1cnc2c(c1)CC1(CCN(C(=O)OC(C)(C)C)CC1)C(=O)N2. The molecule has 9 heteroatoms. The monoisotopic (exact) mass is 543 g/mol. The highest BCUT2D eigenvalue weighted by Gasteiger charge is 2.46. The zero-order chi connectivity index (χ0) is 28.7. The first-order chi connectivity index (χ1) is 18.9. The average Bonchev–Trinajstić information content (AvgIpc) is 3.22. The van der Waals surface area contributed by atoms with Gasteiger partial charge in [0.25, 0.3) is 0 Å². The van der Waals surface area contributed by atoms with Crippen LogP contribution in [0.15, 0.2) is 48.7 Å². The molecule has 1 N–H and O–H groups in total. The van der Waals surface area contributed by atoms with Crippen LogP contribution >= 0.6 is 0 Å². The van der Waals surface area contributed by atoms with Crippen molar-refractivity contribution >= 4 is 40.7 Å². The number of aromatic nitrogens is 2. The largest absolute Gasteiger partial charge is 0.444 e. The number of para-hydroxylation sites is 1. The maximum absolute atomic E-state index is 13.1. The standard InChI is InChI=1S/C31H37N5O4/c1-30(2,3)40-29(39)36-14-12-31(13-15-36)18-23-16-21(19-32-27(23)33-28(31)38)10-11-26(37)34(4)20-24-17-22-8-6-7-9-25(22)35(24)5/h6-11,16-17,19H,12-15,18,20H2,1-5H3,(H,32,33,38)/b11-10+. The molecule has 0 unspecified atom stereocenters. The lowest BCUT2D eigenvalue weighted by atomic mass is 9.71. The number of rotatable bonds is 4. The Balaban J connectivity index is 1.24. The number of hydrogen-bond acceptors (Lipinski definition) is 5. The van der Waals surface area contributed by atoms with Crippen LogP contribution in [0.4, 0.5) is 10.6 Å². The first kappa shape index (κ1) is 27.4. The van der Waals surface area contributed by atoms with E-state index in [9.17, 15) is 14.4 Å². The summed E-state index contributed by atoms with van der Waals surface area (Å²) in [6.07, 6.45) is 6.28. The molecular formula is C31H37N5O4. The number of piperidine rings is 1. The van der Waals surface area contributed by atoms with E-state index >= 15 is 0 Å². The second-order valence-electron chi connectivity index (χ2n) is 11.9. The number of benzene rings is 1. The summed E-state index contributed by atoms with van der Waals surface area (Å²) in [4.78, 5) is 46.3. The first-order valence-corrected chi connectivity index (χ1v) is 13.7. The molecule has 1 fully saturated rings. The lowest BCUT2D eigenvalue weighted by molar-refractivity contribution is -0.129. The van der Waals surface area contributed by atoms with Crippen molar-refractivity contribution in [2.75, 3.05) is 25.5 Å². The van der Waals surface area contributed by atoms with Gasteiger partial charge in [-0.15, -0.1) is 0 Å². The fourth-order valence-corrected chi connectivity index (χ4v) is 5.51. The molecule has 0 atom stereocenters. The van der Waals surface area contributed by atoms with Crippen LogP contribution in [0.2, 0.25) is 0 Å². The smallest absolute Gasteiger partial charge is 0.410 e. The summed E-state index contributed by atoms with van der Waals surface area (Å²) < 4.78 is 7.61. The molecule has 0 bridgehead atoms. The van der Waals surface area contributed by atoms with Gasteiger partial charge in [0.1, 0.15) is 11.4 Å².